The van der Waals surface area contributed by atoms with Crippen LogP contribution in [0, 0.1) is 5.82 Å². The fourth-order valence-electron chi connectivity index (χ4n) is 4.14. The van der Waals surface area contributed by atoms with Crippen molar-refractivity contribution in [2.75, 3.05) is 38.5 Å². The molecule has 5 heterocycles. The summed E-state index contributed by atoms with van der Waals surface area (Å²) in [5, 5.41) is 4.61. The van der Waals surface area contributed by atoms with E-state index in [1.165, 1.54) is 12.3 Å². The second kappa shape index (κ2) is 8.49. The lowest BCUT2D eigenvalue weighted by molar-refractivity contribution is 0.122. The number of piperazine rings is 1. The Morgan fingerprint density at radius 3 is 2.77 bits per heavy atom. The van der Waals surface area contributed by atoms with Gasteiger partial charge in [-0.05, 0) is 23.4 Å². The molecule has 2 aliphatic heterocycles. The van der Waals surface area contributed by atoms with Crippen LogP contribution in [-0.2, 0) is 25.3 Å². The minimum absolute atomic E-state index is 0.0122. The van der Waals surface area contributed by atoms with Gasteiger partial charge in [0.1, 0.15) is 11.5 Å². The standard InChI is InChI=1S/C21H25FN6OS/c22-17-1-2-20-23-18(14-27(20)12-17)13-26-6-4-25(5-7-26)8-9-28-21(29)11-16-15-30-10-3-19(16)24-28/h1-2,11-12,14H,3-10,13,15H2. The van der Waals surface area contributed by atoms with Crippen LogP contribution in [0.4, 0.5) is 4.39 Å². The number of thioether (sulfide) groups is 1. The van der Waals surface area contributed by atoms with Crippen molar-refractivity contribution in [1.82, 2.24) is 29.0 Å². The normalized spacial score (nSPS) is 18.0. The highest BCUT2D eigenvalue weighted by Gasteiger charge is 2.19. The van der Waals surface area contributed by atoms with Crippen LogP contribution in [-0.4, -0.2) is 67.4 Å². The number of aromatic nitrogens is 4. The Kier molecular flexibility index (Phi) is 5.58. The summed E-state index contributed by atoms with van der Waals surface area (Å²) in [4.78, 5) is 21.7. The first-order valence-electron chi connectivity index (χ1n) is 10.4. The molecule has 5 rings (SSSR count). The summed E-state index contributed by atoms with van der Waals surface area (Å²) >= 11 is 1.87. The number of nitrogens with zero attached hydrogens (tertiary/aromatic N) is 6. The van der Waals surface area contributed by atoms with E-state index < -0.39 is 0 Å². The van der Waals surface area contributed by atoms with Gasteiger partial charge in [0.2, 0.25) is 0 Å². The minimum atomic E-state index is -0.258. The summed E-state index contributed by atoms with van der Waals surface area (Å²) in [6, 6.07) is 4.91. The van der Waals surface area contributed by atoms with Crippen molar-refractivity contribution in [3.05, 3.63) is 63.7 Å². The van der Waals surface area contributed by atoms with Crippen LogP contribution in [0.1, 0.15) is 17.0 Å². The number of hydrogen-bond acceptors (Lipinski definition) is 6. The lowest BCUT2D eigenvalue weighted by atomic mass is 10.2. The summed E-state index contributed by atoms with van der Waals surface area (Å²) in [6.07, 6.45) is 4.31. The van der Waals surface area contributed by atoms with Gasteiger partial charge < -0.3 is 4.40 Å². The van der Waals surface area contributed by atoms with E-state index in [9.17, 15) is 9.18 Å². The molecule has 0 atom stereocenters. The van der Waals surface area contributed by atoms with Gasteiger partial charge in [-0.3, -0.25) is 14.6 Å². The molecule has 30 heavy (non-hydrogen) atoms. The van der Waals surface area contributed by atoms with E-state index in [1.807, 2.05) is 18.0 Å². The number of hydrogen-bond donors (Lipinski definition) is 0. The second-order valence-electron chi connectivity index (χ2n) is 7.94. The maximum atomic E-state index is 13.4. The van der Waals surface area contributed by atoms with Crippen molar-refractivity contribution in [3.63, 3.8) is 0 Å². The average Bonchev–Trinajstić information content (AvgIpc) is 3.14. The SMILES string of the molecule is O=c1cc2c(nn1CCN1CCN(Cc3cn4cc(F)ccc4n3)CC1)CCSC2. The first-order valence-corrected chi connectivity index (χ1v) is 11.5. The zero-order chi connectivity index (χ0) is 20.5. The van der Waals surface area contributed by atoms with Crippen LogP contribution in [0.15, 0.2) is 35.4 Å². The van der Waals surface area contributed by atoms with E-state index in [0.29, 0.717) is 6.54 Å². The molecular weight excluding hydrogens is 403 g/mol. The van der Waals surface area contributed by atoms with Gasteiger partial charge in [-0.25, -0.2) is 14.1 Å². The fourth-order valence-corrected chi connectivity index (χ4v) is 5.09. The predicted octanol–water partition coefficient (Wildman–Crippen LogP) is 1.64. The third-order valence-corrected chi connectivity index (χ3v) is 6.86. The predicted molar refractivity (Wildman–Crippen MR) is 115 cm³/mol. The van der Waals surface area contributed by atoms with Gasteiger partial charge in [-0.1, -0.05) is 0 Å². The number of fused-ring (bicyclic) bond motifs is 2. The Labute approximate surface area is 178 Å². The van der Waals surface area contributed by atoms with Crippen molar-refractivity contribution in [2.45, 2.75) is 25.3 Å². The summed E-state index contributed by atoms with van der Waals surface area (Å²) in [5.41, 5.74) is 3.93. The molecule has 9 heteroatoms. The summed E-state index contributed by atoms with van der Waals surface area (Å²) in [6.45, 7) is 6.05. The molecule has 0 unspecified atom stereocenters. The summed E-state index contributed by atoms with van der Waals surface area (Å²) in [7, 11) is 0. The molecule has 0 N–H and O–H groups in total. The maximum absolute atomic E-state index is 13.4. The number of halogens is 1. The quantitative estimate of drug-likeness (QED) is 0.616. The van der Waals surface area contributed by atoms with Crippen LogP contribution >= 0.6 is 11.8 Å². The minimum Gasteiger partial charge on any atom is -0.304 e. The molecule has 7 nitrogen and oxygen atoms in total. The Morgan fingerprint density at radius 1 is 1.07 bits per heavy atom. The van der Waals surface area contributed by atoms with Crippen molar-refractivity contribution in [2.24, 2.45) is 0 Å². The second-order valence-corrected chi connectivity index (χ2v) is 9.05. The average molecular weight is 429 g/mol. The van der Waals surface area contributed by atoms with Gasteiger partial charge in [0.05, 0.1) is 17.9 Å². The van der Waals surface area contributed by atoms with E-state index in [2.05, 4.69) is 19.9 Å². The summed E-state index contributed by atoms with van der Waals surface area (Å²) in [5.74, 6) is 1.73. The smallest absolute Gasteiger partial charge is 0.267 e. The zero-order valence-electron chi connectivity index (χ0n) is 16.8. The molecule has 0 aliphatic carbocycles. The Hall–Kier alpha value is -2.23. The third kappa shape index (κ3) is 4.28. The van der Waals surface area contributed by atoms with Crippen molar-refractivity contribution in [3.8, 4) is 0 Å². The number of aryl methyl sites for hydroxylation is 1. The highest BCUT2D eigenvalue weighted by atomic mass is 32.2. The molecule has 0 spiro atoms. The molecular formula is C21H25FN6OS. The molecule has 0 amide bonds. The van der Waals surface area contributed by atoms with E-state index in [1.54, 1.807) is 21.2 Å². The van der Waals surface area contributed by atoms with Gasteiger partial charge in [-0.15, -0.1) is 0 Å². The van der Waals surface area contributed by atoms with Crippen LogP contribution in [0.3, 0.4) is 0 Å². The van der Waals surface area contributed by atoms with Crippen molar-refractivity contribution in [1.29, 1.82) is 0 Å². The molecule has 2 aliphatic rings. The molecule has 0 aromatic carbocycles. The number of rotatable bonds is 5. The molecule has 1 saturated heterocycles. The van der Waals surface area contributed by atoms with Crippen LogP contribution in [0.25, 0.3) is 5.65 Å². The van der Waals surface area contributed by atoms with Crippen LogP contribution < -0.4 is 5.56 Å². The fraction of sp³-hybridized carbons (Fsp3) is 0.476. The lowest BCUT2D eigenvalue weighted by Gasteiger charge is -2.34. The van der Waals surface area contributed by atoms with Gasteiger partial charge in [0.15, 0.2) is 0 Å². The zero-order valence-corrected chi connectivity index (χ0v) is 17.7. The van der Waals surface area contributed by atoms with E-state index >= 15 is 0 Å². The third-order valence-electron chi connectivity index (χ3n) is 5.85. The first kappa shape index (κ1) is 19.7. The Balaban J connectivity index is 1.14. The van der Waals surface area contributed by atoms with Crippen molar-refractivity contribution < 1.29 is 4.39 Å². The molecule has 0 bridgehead atoms. The number of imidazole rings is 1. The van der Waals surface area contributed by atoms with Gasteiger partial charge in [0, 0.05) is 69.9 Å². The summed E-state index contributed by atoms with van der Waals surface area (Å²) < 4.78 is 16.7. The van der Waals surface area contributed by atoms with E-state index in [-0.39, 0.29) is 11.4 Å². The monoisotopic (exact) mass is 428 g/mol. The van der Waals surface area contributed by atoms with Gasteiger partial charge >= 0.3 is 0 Å². The first-order chi connectivity index (χ1) is 14.6. The lowest BCUT2D eigenvalue weighted by Crippen LogP contribution is -2.47. The van der Waals surface area contributed by atoms with Gasteiger partial charge in [-0.2, -0.15) is 16.9 Å². The van der Waals surface area contributed by atoms with Crippen molar-refractivity contribution >= 4 is 17.4 Å². The van der Waals surface area contributed by atoms with E-state index in [4.69, 9.17) is 0 Å². The topological polar surface area (TPSA) is 58.7 Å². The molecule has 3 aromatic rings. The van der Waals surface area contributed by atoms with Crippen LogP contribution in [0.5, 0.6) is 0 Å². The molecule has 0 radical (unpaired) electrons. The largest absolute Gasteiger partial charge is 0.304 e. The van der Waals surface area contributed by atoms with Gasteiger partial charge in [0.25, 0.3) is 5.56 Å². The van der Waals surface area contributed by atoms with E-state index in [0.717, 1.165) is 79.8 Å². The van der Waals surface area contributed by atoms with Crippen LogP contribution in [0.2, 0.25) is 0 Å². The highest BCUT2D eigenvalue weighted by molar-refractivity contribution is 7.98. The maximum Gasteiger partial charge on any atom is 0.267 e. The Morgan fingerprint density at radius 2 is 1.90 bits per heavy atom. The molecule has 0 saturated carbocycles. The Bertz CT molecular complexity index is 1100. The molecule has 1 fully saturated rings. The molecule has 158 valence electrons. The molecule has 3 aromatic heterocycles. The highest BCUT2D eigenvalue weighted by Crippen LogP contribution is 2.21. The number of pyridine rings is 1.